The Balaban J connectivity index is 1.47. The Hall–Kier alpha value is -2.54. The molecule has 3 amide bonds. The number of imide groups is 1. The first-order chi connectivity index (χ1) is 11.6. The zero-order valence-corrected chi connectivity index (χ0v) is 14.1. The molecule has 0 aliphatic carbocycles. The van der Waals surface area contributed by atoms with Gasteiger partial charge in [-0.3, -0.25) is 19.3 Å². The smallest absolute Gasteiger partial charge is 0.262 e. The lowest BCUT2D eigenvalue weighted by atomic mass is 10.1. The van der Waals surface area contributed by atoms with Gasteiger partial charge in [0, 0.05) is 24.0 Å². The number of carbonyl (C=O) groups excluding carboxylic acids is 3. The maximum absolute atomic E-state index is 12.2. The maximum atomic E-state index is 12.2. The van der Waals surface area contributed by atoms with Crippen LogP contribution in [0.25, 0.3) is 0 Å². The second-order valence-corrected chi connectivity index (χ2v) is 6.52. The van der Waals surface area contributed by atoms with E-state index >= 15 is 0 Å². The normalized spacial score (nSPS) is 13.3. The van der Waals surface area contributed by atoms with Gasteiger partial charge in [-0.15, -0.1) is 11.3 Å². The molecule has 0 unspecified atom stereocenters. The number of hydrogen-bond donors (Lipinski definition) is 1. The zero-order chi connectivity index (χ0) is 17.1. The molecular formula is C17H17N3O3S. The lowest BCUT2D eigenvalue weighted by Gasteiger charge is -2.13. The van der Waals surface area contributed by atoms with E-state index in [1.54, 1.807) is 35.6 Å². The molecule has 0 fully saturated rings. The number of hydrogen-bond acceptors (Lipinski definition) is 5. The fraction of sp³-hybridized carbons (Fsp3) is 0.294. The highest BCUT2D eigenvalue weighted by molar-refractivity contribution is 7.09. The molecule has 1 aromatic carbocycles. The van der Waals surface area contributed by atoms with E-state index in [1.807, 2.05) is 12.3 Å². The van der Waals surface area contributed by atoms with Crippen LogP contribution in [0.2, 0.25) is 0 Å². The summed E-state index contributed by atoms with van der Waals surface area (Å²) in [5.41, 5.74) is 1.72. The molecule has 0 atom stereocenters. The number of amides is 3. The van der Waals surface area contributed by atoms with Gasteiger partial charge >= 0.3 is 0 Å². The van der Waals surface area contributed by atoms with E-state index in [0.717, 1.165) is 28.4 Å². The minimum absolute atomic E-state index is 0.247. The number of nitrogens with one attached hydrogen (secondary N) is 1. The predicted octanol–water partition coefficient (Wildman–Crippen LogP) is 1.80. The molecule has 0 radical (unpaired) electrons. The standard InChI is InChI=1S/C17H17N3O3S/c1-11-10-24-15(19-11)7-4-8-18-14(21)9-20-16(22)12-5-2-3-6-13(12)17(20)23/h2-3,5-6,10H,4,7-9H2,1H3,(H,18,21). The SMILES string of the molecule is Cc1csc(CCCNC(=O)CN2C(=O)c3ccccc3C2=O)n1. The van der Waals surface area contributed by atoms with Gasteiger partial charge in [-0.2, -0.15) is 0 Å². The predicted molar refractivity (Wildman–Crippen MR) is 90.0 cm³/mol. The molecule has 0 spiro atoms. The average Bonchev–Trinajstić information content (AvgIpc) is 3.09. The van der Waals surface area contributed by atoms with Crippen LogP contribution in [0.3, 0.4) is 0 Å². The summed E-state index contributed by atoms with van der Waals surface area (Å²) in [5, 5.41) is 5.79. The first-order valence-corrected chi connectivity index (χ1v) is 8.57. The molecule has 2 heterocycles. The fourth-order valence-corrected chi connectivity index (χ4v) is 3.39. The Morgan fingerprint density at radius 1 is 1.21 bits per heavy atom. The number of benzene rings is 1. The van der Waals surface area contributed by atoms with Gasteiger partial charge in [-0.1, -0.05) is 12.1 Å². The van der Waals surface area contributed by atoms with Crippen molar-refractivity contribution in [3.63, 3.8) is 0 Å². The van der Waals surface area contributed by atoms with E-state index in [9.17, 15) is 14.4 Å². The Morgan fingerprint density at radius 2 is 1.88 bits per heavy atom. The zero-order valence-electron chi connectivity index (χ0n) is 13.2. The Bertz CT molecular complexity index is 765. The van der Waals surface area contributed by atoms with Gasteiger partial charge in [0.25, 0.3) is 11.8 Å². The summed E-state index contributed by atoms with van der Waals surface area (Å²) in [6, 6.07) is 6.61. The van der Waals surface area contributed by atoms with Gasteiger partial charge in [-0.25, -0.2) is 4.98 Å². The summed E-state index contributed by atoms with van der Waals surface area (Å²) < 4.78 is 0. The van der Waals surface area contributed by atoms with Crippen LogP contribution in [0.4, 0.5) is 0 Å². The van der Waals surface area contributed by atoms with Gasteiger partial charge in [-0.05, 0) is 25.5 Å². The Labute approximate surface area is 143 Å². The first-order valence-electron chi connectivity index (χ1n) is 7.69. The molecule has 6 nitrogen and oxygen atoms in total. The summed E-state index contributed by atoms with van der Waals surface area (Å²) in [6.07, 6.45) is 1.56. The molecule has 0 saturated carbocycles. The lowest BCUT2D eigenvalue weighted by Crippen LogP contribution is -2.40. The van der Waals surface area contributed by atoms with Crippen molar-refractivity contribution < 1.29 is 14.4 Å². The first kappa shape index (κ1) is 16.3. The van der Waals surface area contributed by atoms with Crippen molar-refractivity contribution in [2.24, 2.45) is 0 Å². The van der Waals surface area contributed by atoms with E-state index in [0.29, 0.717) is 17.7 Å². The number of thiazole rings is 1. The number of fused-ring (bicyclic) bond motifs is 1. The van der Waals surface area contributed by atoms with Crippen molar-refractivity contribution >= 4 is 29.1 Å². The number of aromatic nitrogens is 1. The molecule has 124 valence electrons. The third-order valence-electron chi connectivity index (χ3n) is 3.74. The maximum Gasteiger partial charge on any atom is 0.262 e. The van der Waals surface area contributed by atoms with Gasteiger partial charge in [0.05, 0.1) is 16.1 Å². The molecule has 1 N–H and O–H groups in total. The van der Waals surface area contributed by atoms with Crippen LogP contribution in [0, 0.1) is 6.92 Å². The minimum atomic E-state index is -0.413. The summed E-state index contributed by atoms with van der Waals surface area (Å²) in [7, 11) is 0. The van der Waals surface area contributed by atoms with Crippen molar-refractivity contribution in [1.29, 1.82) is 0 Å². The largest absolute Gasteiger partial charge is 0.355 e. The molecule has 2 aromatic rings. The van der Waals surface area contributed by atoms with Crippen molar-refractivity contribution in [2.75, 3.05) is 13.1 Å². The summed E-state index contributed by atoms with van der Waals surface area (Å²) in [5.74, 6) is -1.16. The lowest BCUT2D eigenvalue weighted by molar-refractivity contribution is -0.121. The number of aryl methyl sites for hydroxylation is 2. The van der Waals surface area contributed by atoms with E-state index in [4.69, 9.17) is 0 Å². The van der Waals surface area contributed by atoms with Crippen molar-refractivity contribution in [3.8, 4) is 0 Å². The number of nitrogens with zero attached hydrogens (tertiary/aromatic N) is 2. The van der Waals surface area contributed by atoms with Crippen LogP contribution in [0.5, 0.6) is 0 Å². The third kappa shape index (κ3) is 3.35. The van der Waals surface area contributed by atoms with E-state index < -0.39 is 11.8 Å². The highest BCUT2D eigenvalue weighted by atomic mass is 32.1. The van der Waals surface area contributed by atoms with Crippen molar-refractivity contribution in [3.05, 3.63) is 51.5 Å². The quantitative estimate of drug-likeness (QED) is 0.641. The van der Waals surface area contributed by atoms with Gasteiger partial charge < -0.3 is 5.32 Å². The van der Waals surface area contributed by atoms with Crippen LogP contribution < -0.4 is 5.32 Å². The fourth-order valence-electron chi connectivity index (χ4n) is 2.57. The van der Waals surface area contributed by atoms with Crippen LogP contribution in [-0.4, -0.2) is 40.7 Å². The number of rotatable bonds is 6. The van der Waals surface area contributed by atoms with Crippen LogP contribution >= 0.6 is 11.3 Å². The summed E-state index contributed by atoms with van der Waals surface area (Å²) in [4.78, 5) is 41.7. The second-order valence-electron chi connectivity index (χ2n) is 5.58. The molecular weight excluding hydrogens is 326 g/mol. The molecule has 1 aliphatic rings. The average molecular weight is 343 g/mol. The molecule has 0 bridgehead atoms. The molecule has 7 heteroatoms. The molecule has 1 aromatic heterocycles. The monoisotopic (exact) mass is 343 g/mol. The number of carbonyl (C=O) groups is 3. The van der Waals surface area contributed by atoms with Gasteiger partial charge in [0.2, 0.25) is 5.91 Å². The topological polar surface area (TPSA) is 79.4 Å². The minimum Gasteiger partial charge on any atom is -0.355 e. The molecule has 1 aliphatic heterocycles. The van der Waals surface area contributed by atoms with Crippen LogP contribution in [0.15, 0.2) is 29.6 Å². The molecule has 0 saturated heterocycles. The van der Waals surface area contributed by atoms with Gasteiger partial charge in [0.15, 0.2) is 0 Å². The molecule has 3 rings (SSSR count). The van der Waals surface area contributed by atoms with Crippen molar-refractivity contribution in [2.45, 2.75) is 19.8 Å². The van der Waals surface area contributed by atoms with Crippen LogP contribution in [-0.2, 0) is 11.2 Å². The van der Waals surface area contributed by atoms with Gasteiger partial charge in [0.1, 0.15) is 6.54 Å². The second kappa shape index (κ2) is 6.92. The Kier molecular flexibility index (Phi) is 4.71. The van der Waals surface area contributed by atoms with Crippen molar-refractivity contribution in [1.82, 2.24) is 15.2 Å². The third-order valence-corrected chi connectivity index (χ3v) is 4.76. The van der Waals surface area contributed by atoms with E-state index in [2.05, 4.69) is 10.3 Å². The summed E-state index contributed by atoms with van der Waals surface area (Å²) >= 11 is 1.61. The highest BCUT2D eigenvalue weighted by Crippen LogP contribution is 2.21. The van der Waals surface area contributed by atoms with Crippen LogP contribution in [0.1, 0.15) is 37.8 Å². The van der Waals surface area contributed by atoms with E-state index in [-0.39, 0.29) is 12.5 Å². The van der Waals surface area contributed by atoms with E-state index in [1.165, 1.54) is 0 Å². The summed E-state index contributed by atoms with van der Waals surface area (Å²) in [6.45, 7) is 2.19. The highest BCUT2D eigenvalue weighted by Gasteiger charge is 2.36. The molecule has 24 heavy (non-hydrogen) atoms. The Morgan fingerprint density at radius 3 is 2.46 bits per heavy atom.